The van der Waals surface area contributed by atoms with Gasteiger partial charge in [-0.2, -0.15) is 36.9 Å². The molecule has 8 rings (SSSR count). The Hall–Kier alpha value is -7.68. The first-order chi connectivity index (χ1) is 33.2. The molecule has 0 N–H and O–H groups in total. The summed E-state index contributed by atoms with van der Waals surface area (Å²) in [5, 5.41) is 18.3. The van der Waals surface area contributed by atoms with E-state index in [1.54, 1.807) is 54.6 Å². The predicted octanol–water partition coefficient (Wildman–Crippen LogP) is 11.9. The van der Waals surface area contributed by atoms with Crippen molar-refractivity contribution < 1.29 is 52.7 Å². The second kappa shape index (κ2) is 19.4. The molecule has 4 aromatic carbocycles. The summed E-state index contributed by atoms with van der Waals surface area (Å²) in [6.07, 6.45) is -4.59. The third kappa shape index (κ3) is 10.5. The van der Waals surface area contributed by atoms with Crippen molar-refractivity contribution in [3.8, 4) is 57.7 Å². The lowest BCUT2D eigenvalue weighted by atomic mass is 10.0. The molecule has 4 aromatic heterocycles. The number of ether oxygens (including phenoxy) is 2. The number of pyridine rings is 2. The number of rotatable bonds is 16. The fourth-order valence-electron chi connectivity index (χ4n) is 8.06. The van der Waals surface area contributed by atoms with Crippen molar-refractivity contribution in [2.24, 2.45) is 0 Å². The van der Waals surface area contributed by atoms with Gasteiger partial charge in [-0.15, -0.1) is 0 Å². The first kappa shape index (κ1) is 48.8. The average Bonchev–Trinajstić information content (AvgIpc) is 3.88. The SMILES string of the molecule is CS(=O)(=O)c1cc(Oc2cccc(-c3c(CCCCc4nc5c(C(F)(F)F)cccn5c4-c4cccc(Oc5cccc(S(=O)(=O)CCCC#N)c5)c4)nc4c(C(F)(F)F)cccn34)c2)ccc1C#N. The van der Waals surface area contributed by atoms with Crippen molar-refractivity contribution >= 4 is 31.0 Å². The number of hydrogen-bond donors (Lipinski definition) is 0. The summed E-state index contributed by atoms with van der Waals surface area (Å²) in [5.41, 5.74) is -0.693. The molecule has 0 unspecified atom stereocenters. The van der Waals surface area contributed by atoms with E-state index in [1.807, 2.05) is 12.1 Å². The smallest absolute Gasteiger partial charge is 0.419 e. The highest BCUT2D eigenvalue weighted by atomic mass is 32.2. The molecule has 20 heteroatoms. The molecule has 12 nitrogen and oxygen atoms in total. The number of aromatic nitrogens is 4. The number of aryl methyl sites for hydroxylation is 2. The predicted molar refractivity (Wildman–Crippen MR) is 246 cm³/mol. The molecule has 0 atom stereocenters. The summed E-state index contributed by atoms with van der Waals surface area (Å²) < 4.78 is 152. The first-order valence-corrected chi connectivity index (χ1v) is 24.9. The van der Waals surface area contributed by atoms with Crippen LogP contribution in [0.15, 0.2) is 137 Å². The minimum Gasteiger partial charge on any atom is -0.457 e. The number of nitriles is 2. The number of imidazole rings is 2. The number of hydrogen-bond acceptors (Lipinski definition) is 10. The van der Waals surface area contributed by atoms with Crippen molar-refractivity contribution in [1.82, 2.24) is 18.8 Å². The van der Waals surface area contributed by atoms with Crippen LogP contribution in [0, 0.1) is 22.7 Å². The highest BCUT2D eigenvalue weighted by molar-refractivity contribution is 7.91. The standard InChI is InChI=1S/C50H38F6N6O6S2/c1-69(63,64)44-30-38(22-21-34(44)31-58)68-36-14-7-12-33(28-36)46-43(60-48-41(50(54,55)56)18-10-25-62(46)48)20-3-2-19-42-45(61-24-9-17-40(47(61)59-42)49(51,52)53)32-11-6-13-35(27-32)67-37-15-8-16-39(29-37)70(65,66)26-5-4-23-57/h6-18,21-22,24-25,27-30H,2-5,19-20,26H2,1H3. The summed E-state index contributed by atoms with van der Waals surface area (Å²) in [7, 11) is -7.54. The molecule has 0 radical (unpaired) electrons. The number of unbranched alkanes of at least 4 members (excludes halogenated alkanes) is 2. The normalized spacial score (nSPS) is 12.2. The van der Waals surface area contributed by atoms with E-state index in [9.17, 15) is 48.4 Å². The van der Waals surface area contributed by atoms with E-state index in [4.69, 9.17) is 14.7 Å². The monoisotopic (exact) mass is 996 g/mol. The van der Waals surface area contributed by atoms with Crippen LogP contribution in [0.2, 0.25) is 0 Å². The van der Waals surface area contributed by atoms with E-state index < -0.39 is 43.2 Å². The molecule has 0 saturated heterocycles. The van der Waals surface area contributed by atoms with Crippen LogP contribution in [-0.2, 0) is 44.9 Å². The molecule has 0 fully saturated rings. The minimum atomic E-state index is -4.76. The van der Waals surface area contributed by atoms with Gasteiger partial charge in [-0.3, -0.25) is 8.80 Å². The van der Waals surface area contributed by atoms with Crippen molar-refractivity contribution in [2.75, 3.05) is 12.0 Å². The Kier molecular flexibility index (Phi) is 13.5. The second-order valence-electron chi connectivity index (χ2n) is 16.1. The first-order valence-electron chi connectivity index (χ1n) is 21.4. The molecule has 4 heterocycles. The third-order valence-corrected chi connectivity index (χ3v) is 14.1. The number of halogens is 6. The maximum absolute atomic E-state index is 14.4. The van der Waals surface area contributed by atoms with Crippen LogP contribution >= 0.6 is 0 Å². The molecule has 0 aliphatic heterocycles. The molecule has 358 valence electrons. The molecule has 0 saturated carbocycles. The number of benzene rings is 4. The molecular weight excluding hydrogens is 959 g/mol. The van der Waals surface area contributed by atoms with Gasteiger partial charge in [0.05, 0.1) is 61.1 Å². The van der Waals surface area contributed by atoms with Gasteiger partial charge in [0.1, 0.15) is 40.4 Å². The van der Waals surface area contributed by atoms with Crippen LogP contribution in [0.4, 0.5) is 26.3 Å². The Bertz CT molecular complexity index is 3610. The Labute approximate surface area is 397 Å². The fourth-order valence-corrected chi connectivity index (χ4v) is 10.2. The lowest BCUT2D eigenvalue weighted by Crippen LogP contribution is -2.07. The lowest BCUT2D eigenvalue weighted by Gasteiger charge is -2.12. The molecule has 8 aromatic rings. The summed E-state index contributed by atoms with van der Waals surface area (Å²) >= 11 is 0. The second-order valence-corrected chi connectivity index (χ2v) is 20.2. The molecule has 0 amide bonds. The van der Waals surface area contributed by atoms with Crippen LogP contribution in [0.5, 0.6) is 23.0 Å². The van der Waals surface area contributed by atoms with Gasteiger partial charge in [0.15, 0.2) is 19.7 Å². The third-order valence-electron chi connectivity index (χ3n) is 11.2. The topological polar surface area (TPSA) is 169 Å². The summed E-state index contributed by atoms with van der Waals surface area (Å²) in [6.45, 7) is 0. The summed E-state index contributed by atoms with van der Waals surface area (Å²) in [6, 6.07) is 30.7. The zero-order valence-electron chi connectivity index (χ0n) is 36.8. The number of nitrogens with zero attached hydrogens (tertiary/aromatic N) is 6. The van der Waals surface area contributed by atoms with Crippen LogP contribution in [-0.4, -0.2) is 47.6 Å². The van der Waals surface area contributed by atoms with Gasteiger partial charge in [-0.25, -0.2) is 26.8 Å². The van der Waals surface area contributed by atoms with Crippen molar-refractivity contribution in [3.63, 3.8) is 0 Å². The highest BCUT2D eigenvalue weighted by Crippen LogP contribution is 2.39. The van der Waals surface area contributed by atoms with Crippen LogP contribution in [0.3, 0.4) is 0 Å². The van der Waals surface area contributed by atoms with E-state index in [-0.39, 0.29) is 86.8 Å². The maximum atomic E-state index is 14.4. The fraction of sp³-hybridized carbons (Fsp3) is 0.200. The van der Waals surface area contributed by atoms with Crippen molar-refractivity contribution in [3.05, 3.63) is 156 Å². The van der Waals surface area contributed by atoms with Crippen LogP contribution in [0.25, 0.3) is 33.8 Å². The largest absolute Gasteiger partial charge is 0.457 e. The zero-order chi connectivity index (χ0) is 50.0. The molecular formula is C50H38F6N6O6S2. The van der Waals surface area contributed by atoms with E-state index >= 15 is 0 Å². The summed E-state index contributed by atoms with van der Waals surface area (Å²) in [4.78, 5) is 8.74. The van der Waals surface area contributed by atoms with Gasteiger partial charge in [-0.05, 0) is 111 Å². The quantitative estimate of drug-likeness (QED) is 0.0671. The zero-order valence-corrected chi connectivity index (χ0v) is 38.4. The number of fused-ring (bicyclic) bond motifs is 2. The van der Waals surface area contributed by atoms with Crippen molar-refractivity contribution in [2.45, 2.75) is 60.7 Å². The van der Waals surface area contributed by atoms with E-state index in [2.05, 4.69) is 9.97 Å². The maximum Gasteiger partial charge on any atom is 0.419 e. The van der Waals surface area contributed by atoms with E-state index in [0.29, 0.717) is 41.1 Å². The molecule has 0 spiro atoms. The Morgan fingerprint density at radius 3 is 1.56 bits per heavy atom. The molecule has 0 bridgehead atoms. The minimum absolute atomic E-state index is 0.00623. The van der Waals surface area contributed by atoms with Crippen LogP contribution in [0.1, 0.15) is 53.8 Å². The van der Waals surface area contributed by atoms with Gasteiger partial charge in [-0.1, -0.05) is 30.3 Å². The molecule has 70 heavy (non-hydrogen) atoms. The lowest BCUT2D eigenvalue weighted by molar-refractivity contribution is -0.137. The van der Waals surface area contributed by atoms with Gasteiger partial charge >= 0.3 is 12.4 Å². The van der Waals surface area contributed by atoms with Gasteiger partial charge in [0.2, 0.25) is 0 Å². The van der Waals surface area contributed by atoms with Crippen LogP contribution < -0.4 is 9.47 Å². The molecule has 0 aliphatic carbocycles. The van der Waals surface area contributed by atoms with E-state index in [1.165, 1.54) is 69.7 Å². The van der Waals surface area contributed by atoms with E-state index in [0.717, 1.165) is 18.4 Å². The average molecular weight is 997 g/mol. The molecule has 0 aliphatic rings. The number of alkyl halides is 6. The van der Waals surface area contributed by atoms with Crippen molar-refractivity contribution in [1.29, 1.82) is 10.5 Å². The highest BCUT2D eigenvalue weighted by Gasteiger charge is 2.36. The van der Waals surface area contributed by atoms with Gasteiger partial charge in [0, 0.05) is 42.3 Å². The Morgan fingerprint density at radius 1 is 0.600 bits per heavy atom. The Balaban J connectivity index is 1.10. The van der Waals surface area contributed by atoms with Gasteiger partial charge < -0.3 is 9.47 Å². The van der Waals surface area contributed by atoms with Gasteiger partial charge in [0.25, 0.3) is 0 Å². The number of sulfone groups is 2. The summed E-state index contributed by atoms with van der Waals surface area (Å²) in [5.74, 6) is 0.473. The Morgan fingerprint density at radius 2 is 1.09 bits per heavy atom.